The van der Waals surface area contributed by atoms with Crippen molar-refractivity contribution in [3.05, 3.63) is 26.3 Å². The fourth-order valence-corrected chi connectivity index (χ4v) is 3.31. The molecule has 0 aliphatic carbocycles. The summed E-state index contributed by atoms with van der Waals surface area (Å²) in [6, 6.07) is 3.45. The van der Waals surface area contributed by atoms with Crippen LogP contribution in [0.25, 0.3) is 0 Å². The van der Waals surface area contributed by atoms with Gasteiger partial charge in [-0.1, -0.05) is 18.5 Å². The van der Waals surface area contributed by atoms with E-state index in [-0.39, 0.29) is 5.91 Å². The van der Waals surface area contributed by atoms with Gasteiger partial charge in [0.05, 0.1) is 17.7 Å². The molecule has 0 bridgehead atoms. The third-order valence-electron chi connectivity index (χ3n) is 3.87. The number of halogens is 2. The molecule has 1 N–H and O–H groups in total. The molecule has 1 aromatic rings. The number of amides is 1. The lowest BCUT2D eigenvalue weighted by atomic mass is 10.1. The van der Waals surface area contributed by atoms with Crippen molar-refractivity contribution in [3.8, 4) is 5.75 Å². The van der Waals surface area contributed by atoms with Crippen LogP contribution in [0.2, 0.25) is 5.02 Å². The fourth-order valence-electron chi connectivity index (χ4n) is 2.71. The highest BCUT2D eigenvalue weighted by molar-refractivity contribution is 14.1. The standard InChI is InChI=1S/C16H22ClIN2O2/c1-11(10-20-5-3-4-6-20)9-19-16(21)12-7-13(17)14(18)8-15(12)22-2/h7-8,11H,3-6,9-10H2,1-2H3,(H,19,21)/t11-/m0/s1. The normalized spacial score (nSPS) is 16.5. The Morgan fingerprint density at radius 3 is 2.77 bits per heavy atom. The van der Waals surface area contributed by atoms with E-state index in [9.17, 15) is 4.79 Å². The van der Waals surface area contributed by atoms with Crippen LogP contribution in [-0.4, -0.2) is 44.1 Å². The number of hydrogen-bond acceptors (Lipinski definition) is 3. The molecule has 6 heteroatoms. The van der Waals surface area contributed by atoms with Gasteiger partial charge < -0.3 is 15.0 Å². The van der Waals surface area contributed by atoms with Gasteiger partial charge in [-0.2, -0.15) is 0 Å². The average Bonchev–Trinajstić information content (AvgIpc) is 3.00. The van der Waals surface area contributed by atoms with Crippen molar-refractivity contribution >= 4 is 40.1 Å². The Morgan fingerprint density at radius 1 is 1.45 bits per heavy atom. The predicted molar refractivity (Wildman–Crippen MR) is 97.9 cm³/mol. The van der Waals surface area contributed by atoms with E-state index in [4.69, 9.17) is 16.3 Å². The highest BCUT2D eigenvalue weighted by Gasteiger charge is 2.18. The van der Waals surface area contributed by atoms with Crippen molar-refractivity contribution in [2.24, 2.45) is 5.92 Å². The maximum atomic E-state index is 12.4. The van der Waals surface area contributed by atoms with E-state index >= 15 is 0 Å². The van der Waals surface area contributed by atoms with Gasteiger partial charge in [-0.15, -0.1) is 0 Å². The first-order valence-corrected chi connectivity index (χ1v) is 9.00. The van der Waals surface area contributed by atoms with E-state index in [1.54, 1.807) is 19.2 Å². The number of benzene rings is 1. The van der Waals surface area contributed by atoms with E-state index in [1.807, 2.05) is 0 Å². The predicted octanol–water partition coefficient (Wildman–Crippen LogP) is 3.41. The molecule has 1 atom stereocenters. The summed E-state index contributed by atoms with van der Waals surface area (Å²) < 4.78 is 6.15. The van der Waals surface area contributed by atoms with Gasteiger partial charge >= 0.3 is 0 Å². The minimum atomic E-state index is -0.136. The van der Waals surface area contributed by atoms with Crippen LogP contribution in [0.5, 0.6) is 5.75 Å². The molecule has 1 amide bonds. The van der Waals surface area contributed by atoms with Gasteiger partial charge in [0, 0.05) is 16.7 Å². The number of carbonyl (C=O) groups is 1. The van der Waals surface area contributed by atoms with E-state index in [2.05, 4.69) is 39.7 Å². The van der Waals surface area contributed by atoms with Crippen molar-refractivity contribution in [3.63, 3.8) is 0 Å². The first-order valence-electron chi connectivity index (χ1n) is 7.55. The third-order valence-corrected chi connectivity index (χ3v) is 5.39. The molecule has 2 rings (SSSR count). The second-order valence-corrected chi connectivity index (χ2v) is 7.36. The molecule has 122 valence electrons. The van der Waals surface area contributed by atoms with E-state index in [0.29, 0.717) is 28.8 Å². The first-order chi connectivity index (χ1) is 10.5. The summed E-state index contributed by atoms with van der Waals surface area (Å²) in [4.78, 5) is 14.8. The lowest BCUT2D eigenvalue weighted by Crippen LogP contribution is -2.34. The van der Waals surface area contributed by atoms with Crippen molar-refractivity contribution in [1.29, 1.82) is 0 Å². The number of hydrogen-bond donors (Lipinski definition) is 1. The van der Waals surface area contributed by atoms with Gasteiger partial charge in [0.15, 0.2) is 0 Å². The summed E-state index contributed by atoms with van der Waals surface area (Å²) >= 11 is 8.24. The van der Waals surface area contributed by atoms with Crippen LogP contribution in [0.15, 0.2) is 12.1 Å². The number of rotatable bonds is 6. The molecule has 1 aromatic carbocycles. The number of nitrogens with zero attached hydrogens (tertiary/aromatic N) is 1. The SMILES string of the molecule is COc1cc(I)c(Cl)cc1C(=O)NC[C@H](C)CN1CCCC1. The Hall–Kier alpha value is -0.530. The van der Waals surface area contributed by atoms with Crippen LogP contribution < -0.4 is 10.1 Å². The molecule has 0 unspecified atom stereocenters. The van der Waals surface area contributed by atoms with Crippen LogP contribution in [-0.2, 0) is 0 Å². The summed E-state index contributed by atoms with van der Waals surface area (Å²) in [7, 11) is 1.56. The van der Waals surface area contributed by atoms with Crippen LogP contribution >= 0.6 is 34.2 Å². The molecule has 0 radical (unpaired) electrons. The summed E-state index contributed by atoms with van der Waals surface area (Å²) in [6.45, 7) is 6.21. The molecular weight excluding hydrogens is 415 g/mol. The molecule has 1 saturated heterocycles. The zero-order valence-corrected chi connectivity index (χ0v) is 15.9. The van der Waals surface area contributed by atoms with Crippen molar-refractivity contribution < 1.29 is 9.53 Å². The third kappa shape index (κ3) is 4.73. The van der Waals surface area contributed by atoms with Gasteiger partial charge in [-0.05, 0) is 66.6 Å². The average molecular weight is 437 g/mol. The number of nitrogens with one attached hydrogen (secondary N) is 1. The fraction of sp³-hybridized carbons (Fsp3) is 0.562. The number of ether oxygens (including phenoxy) is 1. The lowest BCUT2D eigenvalue weighted by Gasteiger charge is -2.20. The van der Waals surface area contributed by atoms with Gasteiger partial charge in [0.25, 0.3) is 5.91 Å². The Balaban J connectivity index is 1.92. The van der Waals surface area contributed by atoms with E-state index in [0.717, 1.165) is 10.1 Å². The maximum absolute atomic E-state index is 12.4. The summed E-state index contributed by atoms with van der Waals surface area (Å²) in [5.41, 5.74) is 0.487. The van der Waals surface area contributed by atoms with Crippen LogP contribution in [0, 0.1) is 9.49 Å². The molecular formula is C16H22ClIN2O2. The zero-order valence-electron chi connectivity index (χ0n) is 13.0. The van der Waals surface area contributed by atoms with Crippen molar-refractivity contribution in [2.75, 3.05) is 33.3 Å². The van der Waals surface area contributed by atoms with Gasteiger partial charge in [-0.3, -0.25) is 4.79 Å². The molecule has 1 heterocycles. The van der Waals surface area contributed by atoms with Crippen LogP contribution in [0.4, 0.5) is 0 Å². The Labute approximate surface area is 150 Å². The smallest absolute Gasteiger partial charge is 0.255 e. The molecule has 4 nitrogen and oxygen atoms in total. The van der Waals surface area contributed by atoms with E-state index in [1.165, 1.54) is 25.9 Å². The Morgan fingerprint density at radius 2 is 2.14 bits per heavy atom. The van der Waals surface area contributed by atoms with Gasteiger partial charge in [0.1, 0.15) is 5.75 Å². The first kappa shape index (κ1) is 17.8. The van der Waals surface area contributed by atoms with Crippen molar-refractivity contribution in [1.82, 2.24) is 10.2 Å². The summed E-state index contributed by atoms with van der Waals surface area (Å²) in [6.07, 6.45) is 2.58. The Kier molecular flexibility index (Phi) is 6.77. The van der Waals surface area contributed by atoms with Gasteiger partial charge in [-0.25, -0.2) is 0 Å². The molecule has 0 saturated carbocycles. The number of carbonyl (C=O) groups excluding carboxylic acids is 1. The quantitative estimate of drug-likeness (QED) is 0.695. The second kappa shape index (κ2) is 8.36. The topological polar surface area (TPSA) is 41.6 Å². The van der Waals surface area contributed by atoms with Gasteiger partial charge in [0.2, 0.25) is 0 Å². The molecule has 1 aliphatic heterocycles. The largest absolute Gasteiger partial charge is 0.496 e. The van der Waals surface area contributed by atoms with Crippen LogP contribution in [0.1, 0.15) is 30.1 Å². The monoisotopic (exact) mass is 436 g/mol. The molecule has 22 heavy (non-hydrogen) atoms. The minimum Gasteiger partial charge on any atom is -0.496 e. The second-order valence-electron chi connectivity index (χ2n) is 5.79. The lowest BCUT2D eigenvalue weighted by molar-refractivity contribution is 0.0942. The number of likely N-dealkylation sites (tertiary alicyclic amines) is 1. The molecule has 1 fully saturated rings. The summed E-state index contributed by atoms with van der Waals surface area (Å²) in [5.74, 6) is 0.842. The Bertz CT molecular complexity index is 533. The summed E-state index contributed by atoms with van der Waals surface area (Å²) in [5, 5.41) is 3.55. The highest BCUT2D eigenvalue weighted by atomic mass is 127. The molecule has 0 aromatic heterocycles. The highest BCUT2D eigenvalue weighted by Crippen LogP contribution is 2.28. The zero-order chi connectivity index (χ0) is 16.1. The molecule has 0 spiro atoms. The number of methoxy groups -OCH3 is 1. The minimum absolute atomic E-state index is 0.136. The molecule has 1 aliphatic rings. The van der Waals surface area contributed by atoms with Crippen molar-refractivity contribution in [2.45, 2.75) is 19.8 Å². The maximum Gasteiger partial charge on any atom is 0.255 e. The van der Waals surface area contributed by atoms with E-state index < -0.39 is 0 Å². The van der Waals surface area contributed by atoms with Crippen LogP contribution in [0.3, 0.4) is 0 Å².